The van der Waals surface area contributed by atoms with E-state index in [0.717, 1.165) is 0 Å². The van der Waals surface area contributed by atoms with Gasteiger partial charge in [-0.3, -0.25) is 10.1 Å². The quantitative estimate of drug-likeness (QED) is 0.616. The molecule has 2 aromatic rings. The maximum atomic E-state index is 10.8. The number of benzene rings is 2. The van der Waals surface area contributed by atoms with Crippen LogP contribution in [0.2, 0.25) is 5.02 Å². The van der Waals surface area contributed by atoms with Crippen LogP contribution >= 0.6 is 11.6 Å². The largest absolute Gasteiger partial charge is 0.493 e. The van der Waals surface area contributed by atoms with Crippen LogP contribution in [-0.4, -0.2) is 11.5 Å². The van der Waals surface area contributed by atoms with E-state index < -0.39 is 0 Å². The summed E-state index contributed by atoms with van der Waals surface area (Å²) in [7, 11) is 0. The van der Waals surface area contributed by atoms with Crippen molar-refractivity contribution < 1.29 is 9.66 Å². The normalized spacial score (nSPS) is 10.2. The van der Waals surface area contributed by atoms with Gasteiger partial charge in [-0.15, -0.1) is 0 Å². The van der Waals surface area contributed by atoms with Gasteiger partial charge in [0.15, 0.2) is 0 Å². The molecule has 2 aromatic carbocycles. The summed E-state index contributed by atoms with van der Waals surface area (Å²) < 4.78 is 5.52. The van der Waals surface area contributed by atoms with E-state index in [1.165, 1.54) is 6.07 Å². The van der Waals surface area contributed by atoms with E-state index >= 15 is 0 Å². The van der Waals surface area contributed by atoms with Gasteiger partial charge in [0, 0.05) is 23.1 Å². The van der Waals surface area contributed by atoms with Crippen molar-refractivity contribution in [2.75, 3.05) is 6.61 Å². The highest BCUT2D eigenvalue weighted by Gasteiger charge is 2.11. The molecule has 0 spiro atoms. The van der Waals surface area contributed by atoms with Gasteiger partial charge in [-0.25, -0.2) is 0 Å². The van der Waals surface area contributed by atoms with Crippen molar-refractivity contribution in [3.8, 4) is 5.75 Å². The van der Waals surface area contributed by atoms with E-state index in [1.807, 2.05) is 0 Å². The Hall–Kier alpha value is -2.07. The lowest BCUT2D eigenvalue weighted by Crippen LogP contribution is -2.03. The van der Waals surface area contributed by atoms with Crippen molar-refractivity contribution >= 4 is 17.3 Å². The lowest BCUT2D eigenvalue weighted by Gasteiger charge is -2.06. The average Bonchev–Trinajstić information content (AvgIpc) is 2.39. The van der Waals surface area contributed by atoms with E-state index in [2.05, 4.69) is 0 Å². The summed E-state index contributed by atoms with van der Waals surface area (Å²) in [6.07, 6.45) is 0.476. The number of nitrogens with zero attached hydrogens (tertiary/aromatic N) is 1. The number of halogens is 1. The molecule has 98 valence electrons. The van der Waals surface area contributed by atoms with E-state index in [9.17, 15) is 10.1 Å². The van der Waals surface area contributed by atoms with Crippen molar-refractivity contribution in [2.45, 2.75) is 6.42 Å². The minimum atomic E-state index is -0.380. The topological polar surface area (TPSA) is 52.4 Å². The molecule has 0 unspecified atom stereocenters. The van der Waals surface area contributed by atoms with Gasteiger partial charge in [-0.2, -0.15) is 0 Å². The number of rotatable bonds is 5. The highest BCUT2D eigenvalue weighted by molar-refractivity contribution is 6.30. The van der Waals surface area contributed by atoms with Gasteiger partial charge < -0.3 is 4.74 Å². The average molecular weight is 278 g/mol. The molecule has 0 bridgehead atoms. The molecule has 0 N–H and O–H groups in total. The Balaban J connectivity index is 1.98. The summed E-state index contributed by atoms with van der Waals surface area (Å²) in [5, 5.41) is 11.4. The Morgan fingerprint density at radius 3 is 2.68 bits per heavy atom. The van der Waals surface area contributed by atoms with Crippen molar-refractivity contribution in [3.05, 3.63) is 69.2 Å². The number of hydrogen-bond acceptors (Lipinski definition) is 3. The molecule has 0 saturated heterocycles. The number of hydrogen-bond donors (Lipinski definition) is 0. The second kappa shape index (κ2) is 6.20. The molecule has 5 heteroatoms. The predicted octanol–water partition coefficient (Wildman–Crippen LogP) is 3.87. The molecule has 2 rings (SSSR count). The van der Waals surface area contributed by atoms with E-state index in [1.54, 1.807) is 42.5 Å². The molecule has 0 aliphatic carbocycles. The molecule has 0 aliphatic rings. The van der Waals surface area contributed by atoms with Crippen LogP contribution in [0.15, 0.2) is 48.5 Å². The molecular formula is C14H12ClNO3. The van der Waals surface area contributed by atoms with Crippen molar-refractivity contribution in [1.82, 2.24) is 0 Å². The molecule has 0 fully saturated rings. The minimum absolute atomic E-state index is 0.122. The minimum Gasteiger partial charge on any atom is -0.493 e. The fourth-order valence-corrected chi connectivity index (χ4v) is 1.92. The Morgan fingerprint density at radius 1 is 1.16 bits per heavy atom. The number of ether oxygens (including phenoxy) is 1. The molecule has 4 nitrogen and oxygen atoms in total. The third-order valence-electron chi connectivity index (χ3n) is 2.62. The second-order valence-electron chi connectivity index (χ2n) is 3.94. The Kier molecular flexibility index (Phi) is 4.36. The first kappa shape index (κ1) is 13.4. The maximum Gasteiger partial charge on any atom is 0.272 e. The van der Waals surface area contributed by atoms with Crippen LogP contribution < -0.4 is 4.74 Å². The van der Waals surface area contributed by atoms with Crippen LogP contribution in [0.1, 0.15) is 5.56 Å². The lowest BCUT2D eigenvalue weighted by atomic mass is 10.1. The number of nitro benzene ring substituents is 1. The van der Waals surface area contributed by atoms with Crippen molar-refractivity contribution in [1.29, 1.82) is 0 Å². The Labute approximate surface area is 115 Å². The summed E-state index contributed by atoms with van der Waals surface area (Å²) in [6, 6.07) is 13.7. The van der Waals surface area contributed by atoms with Gasteiger partial charge in [-0.1, -0.05) is 35.9 Å². The SMILES string of the molecule is O=[N+]([O-])c1ccccc1CCOc1cccc(Cl)c1. The molecule has 0 saturated carbocycles. The van der Waals surface area contributed by atoms with Gasteiger partial charge in [0.1, 0.15) is 5.75 Å². The van der Waals surface area contributed by atoms with Crippen LogP contribution in [0.3, 0.4) is 0 Å². The first-order valence-electron chi connectivity index (χ1n) is 5.77. The smallest absolute Gasteiger partial charge is 0.272 e. The molecule has 0 atom stereocenters. The Morgan fingerprint density at radius 2 is 1.95 bits per heavy atom. The van der Waals surface area contributed by atoms with E-state index in [-0.39, 0.29) is 10.6 Å². The highest BCUT2D eigenvalue weighted by atomic mass is 35.5. The molecule has 0 aromatic heterocycles. The second-order valence-corrected chi connectivity index (χ2v) is 4.38. The lowest BCUT2D eigenvalue weighted by molar-refractivity contribution is -0.385. The monoisotopic (exact) mass is 277 g/mol. The van der Waals surface area contributed by atoms with Crippen LogP contribution in [-0.2, 0) is 6.42 Å². The van der Waals surface area contributed by atoms with Gasteiger partial charge in [0.25, 0.3) is 5.69 Å². The number of para-hydroxylation sites is 1. The molecule has 0 amide bonds. The third kappa shape index (κ3) is 3.69. The Bertz CT molecular complexity index is 586. The van der Waals surface area contributed by atoms with Gasteiger partial charge in [0.05, 0.1) is 11.5 Å². The zero-order valence-corrected chi connectivity index (χ0v) is 10.8. The van der Waals surface area contributed by atoms with Crippen LogP contribution in [0.4, 0.5) is 5.69 Å². The summed E-state index contributed by atoms with van der Waals surface area (Å²) in [6.45, 7) is 0.366. The third-order valence-corrected chi connectivity index (χ3v) is 2.86. The molecule has 0 heterocycles. The summed E-state index contributed by atoms with van der Waals surface area (Å²) in [5.41, 5.74) is 0.784. The van der Waals surface area contributed by atoms with Crippen LogP contribution in [0, 0.1) is 10.1 Å². The highest BCUT2D eigenvalue weighted by Crippen LogP contribution is 2.20. The molecule has 0 aliphatic heterocycles. The maximum absolute atomic E-state index is 10.8. The predicted molar refractivity (Wildman–Crippen MR) is 73.7 cm³/mol. The van der Waals surface area contributed by atoms with E-state index in [4.69, 9.17) is 16.3 Å². The zero-order valence-electron chi connectivity index (χ0n) is 10.1. The standard InChI is InChI=1S/C14H12ClNO3/c15-12-5-3-6-13(10-12)19-9-8-11-4-1-2-7-14(11)16(17)18/h1-7,10H,8-9H2. The van der Waals surface area contributed by atoms with Crippen LogP contribution in [0.25, 0.3) is 0 Å². The molecular weight excluding hydrogens is 266 g/mol. The van der Waals surface area contributed by atoms with Gasteiger partial charge >= 0.3 is 0 Å². The molecule has 19 heavy (non-hydrogen) atoms. The first-order chi connectivity index (χ1) is 9.16. The van der Waals surface area contributed by atoms with E-state index in [0.29, 0.717) is 29.4 Å². The van der Waals surface area contributed by atoms with Crippen molar-refractivity contribution in [3.63, 3.8) is 0 Å². The fraction of sp³-hybridized carbons (Fsp3) is 0.143. The van der Waals surface area contributed by atoms with Crippen LogP contribution in [0.5, 0.6) is 5.75 Å². The summed E-state index contributed by atoms with van der Waals surface area (Å²) in [5.74, 6) is 0.658. The zero-order chi connectivity index (χ0) is 13.7. The summed E-state index contributed by atoms with van der Waals surface area (Å²) >= 11 is 5.84. The fourth-order valence-electron chi connectivity index (χ4n) is 1.74. The number of nitro groups is 1. The van der Waals surface area contributed by atoms with Gasteiger partial charge in [-0.05, 0) is 18.2 Å². The molecule has 0 radical (unpaired) electrons. The van der Waals surface area contributed by atoms with Crippen molar-refractivity contribution in [2.24, 2.45) is 0 Å². The first-order valence-corrected chi connectivity index (χ1v) is 6.15. The summed E-state index contributed by atoms with van der Waals surface area (Å²) in [4.78, 5) is 10.5. The van der Waals surface area contributed by atoms with Gasteiger partial charge in [0.2, 0.25) is 0 Å².